The summed E-state index contributed by atoms with van der Waals surface area (Å²) < 4.78 is 25.8. The van der Waals surface area contributed by atoms with Crippen molar-refractivity contribution in [1.29, 1.82) is 0 Å². The van der Waals surface area contributed by atoms with Gasteiger partial charge in [-0.05, 0) is 42.8 Å². The monoisotopic (exact) mass is 295 g/mol. The van der Waals surface area contributed by atoms with E-state index in [1.54, 1.807) is 19.1 Å². The Labute approximate surface area is 120 Å². The van der Waals surface area contributed by atoms with E-state index in [-0.39, 0.29) is 22.4 Å². The minimum atomic E-state index is -0.502. The Hall–Kier alpha value is -1.94. The zero-order valence-electron chi connectivity index (χ0n) is 10.7. The number of hydrogen-bond donors (Lipinski definition) is 1. The van der Waals surface area contributed by atoms with Gasteiger partial charge < -0.3 is 5.32 Å². The highest BCUT2D eigenvalue weighted by Crippen LogP contribution is 2.19. The fraction of sp³-hybridized carbons (Fsp3) is 0.133. The SMILES string of the molecule is C[C@H](NC(=O)c1ccc(F)cc1Cl)c1ccc(F)cc1. The van der Waals surface area contributed by atoms with Crippen molar-refractivity contribution in [2.45, 2.75) is 13.0 Å². The summed E-state index contributed by atoms with van der Waals surface area (Å²) in [5, 5.41) is 2.77. The average Bonchev–Trinajstić information content (AvgIpc) is 2.39. The molecule has 0 aromatic heterocycles. The van der Waals surface area contributed by atoms with E-state index in [9.17, 15) is 13.6 Å². The highest BCUT2D eigenvalue weighted by molar-refractivity contribution is 6.33. The third-order valence-electron chi connectivity index (χ3n) is 2.89. The zero-order valence-corrected chi connectivity index (χ0v) is 11.4. The molecule has 20 heavy (non-hydrogen) atoms. The summed E-state index contributed by atoms with van der Waals surface area (Å²) in [6, 6.07) is 9.08. The number of carbonyl (C=O) groups excluding carboxylic acids is 1. The summed E-state index contributed by atoms with van der Waals surface area (Å²) in [5.74, 6) is -1.25. The van der Waals surface area contributed by atoms with Gasteiger partial charge in [0.15, 0.2) is 0 Å². The van der Waals surface area contributed by atoms with Crippen LogP contribution in [0.25, 0.3) is 0 Å². The summed E-state index contributed by atoms with van der Waals surface area (Å²) in [4.78, 5) is 12.0. The number of hydrogen-bond acceptors (Lipinski definition) is 1. The first-order chi connectivity index (χ1) is 9.47. The van der Waals surface area contributed by atoms with Crippen LogP contribution in [-0.4, -0.2) is 5.91 Å². The summed E-state index contributed by atoms with van der Waals surface area (Å²) in [6.07, 6.45) is 0. The summed E-state index contributed by atoms with van der Waals surface area (Å²) in [6.45, 7) is 1.77. The van der Waals surface area contributed by atoms with E-state index < -0.39 is 11.7 Å². The van der Waals surface area contributed by atoms with Gasteiger partial charge >= 0.3 is 0 Å². The molecule has 2 rings (SSSR count). The van der Waals surface area contributed by atoms with Gasteiger partial charge in [-0.3, -0.25) is 4.79 Å². The molecule has 5 heteroatoms. The van der Waals surface area contributed by atoms with Crippen LogP contribution in [0.3, 0.4) is 0 Å². The van der Waals surface area contributed by atoms with Crippen molar-refractivity contribution >= 4 is 17.5 Å². The molecular weight excluding hydrogens is 284 g/mol. The molecule has 0 heterocycles. The third-order valence-corrected chi connectivity index (χ3v) is 3.21. The molecule has 2 aromatic rings. The van der Waals surface area contributed by atoms with Crippen molar-refractivity contribution in [3.8, 4) is 0 Å². The molecule has 0 unspecified atom stereocenters. The van der Waals surface area contributed by atoms with Gasteiger partial charge in [0.2, 0.25) is 0 Å². The average molecular weight is 296 g/mol. The predicted octanol–water partition coefficient (Wildman–Crippen LogP) is 4.11. The standard InChI is InChI=1S/C15H12ClF2NO/c1-9(10-2-4-11(17)5-3-10)19-15(20)13-7-6-12(18)8-14(13)16/h2-9H,1H3,(H,19,20)/t9-/m0/s1. The van der Waals surface area contributed by atoms with Crippen molar-refractivity contribution in [1.82, 2.24) is 5.32 Å². The maximum atomic E-state index is 12.9. The largest absolute Gasteiger partial charge is 0.345 e. The molecular formula is C15H12ClF2NO. The van der Waals surface area contributed by atoms with Gasteiger partial charge in [-0.15, -0.1) is 0 Å². The normalized spacial score (nSPS) is 12.0. The fourth-order valence-corrected chi connectivity index (χ4v) is 2.04. The van der Waals surface area contributed by atoms with E-state index in [0.717, 1.165) is 11.6 Å². The molecule has 2 nitrogen and oxygen atoms in total. The van der Waals surface area contributed by atoms with E-state index in [0.29, 0.717) is 0 Å². The van der Waals surface area contributed by atoms with Crippen LogP contribution < -0.4 is 5.32 Å². The Morgan fingerprint density at radius 1 is 1.10 bits per heavy atom. The molecule has 0 radical (unpaired) electrons. The van der Waals surface area contributed by atoms with Crippen LogP contribution in [0.5, 0.6) is 0 Å². The van der Waals surface area contributed by atoms with Crippen molar-refractivity contribution in [3.63, 3.8) is 0 Å². The molecule has 2 aromatic carbocycles. The van der Waals surface area contributed by atoms with Crippen LogP contribution in [0.2, 0.25) is 5.02 Å². The van der Waals surface area contributed by atoms with Crippen LogP contribution in [-0.2, 0) is 0 Å². The molecule has 0 saturated carbocycles. The molecule has 1 amide bonds. The summed E-state index contributed by atoms with van der Waals surface area (Å²) >= 11 is 5.82. The van der Waals surface area contributed by atoms with Crippen LogP contribution in [0, 0.1) is 11.6 Å². The van der Waals surface area contributed by atoms with E-state index in [4.69, 9.17) is 11.6 Å². The first kappa shape index (κ1) is 14.5. The maximum Gasteiger partial charge on any atom is 0.253 e. The molecule has 0 spiro atoms. The number of nitrogens with one attached hydrogen (secondary N) is 1. The van der Waals surface area contributed by atoms with E-state index in [2.05, 4.69) is 5.32 Å². The molecule has 0 fully saturated rings. The number of amides is 1. The Bertz CT molecular complexity index is 628. The number of benzene rings is 2. The second-order valence-electron chi connectivity index (χ2n) is 4.37. The molecule has 0 aliphatic carbocycles. The van der Waals surface area contributed by atoms with Gasteiger partial charge in [0.05, 0.1) is 16.6 Å². The lowest BCUT2D eigenvalue weighted by Crippen LogP contribution is -2.26. The first-order valence-electron chi connectivity index (χ1n) is 5.99. The van der Waals surface area contributed by atoms with Crippen molar-refractivity contribution in [2.24, 2.45) is 0 Å². The number of halogens is 3. The summed E-state index contributed by atoms with van der Waals surface area (Å²) in [7, 11) is 0. The lowest BCUT2D eigenvalue weighted by atomic mass is 10.1. The maximum absolute atomic E-state index is 12.9. The van der Waals surface area contributed by atoms with Gasteiger partial charge in [-0.1, -0.05) is 23.7 Å². The van der Waals surface area contributed by atoms with E-state index in [1.807, 2.05) is 0 Å². The molecule has 104 valence electrons. The number of carbonyl (C=O) groups is 1. The van der Waals surface area contributed by atoms with Crippen LogP contribution in [0.15, 0.2) is 42.5 Å². The van der Waals surface area contributed by atoms with Gasteiger partial charge in [0.1, 0.15) is 11.6 Å². The topological polar surface area (TPSA) is 29.1 Å². The highest BCUT2D eigenvalue weighted by atomic mass is 35.5. The van der Waals surface area contributed by atoms with Crippen LogP contribution in [0.4, 0.5) is 8.78 Å². The minimum Gasteiger partial charge on any atom is -0.345 e. The third kappa shape index (κ3) is 3.33. The van der Waals surface area contributed by atoms with Crippen LogP contribution >= 0.6 is 11.6 Å². The Balaban J connectivity index is 2.13. The van der Waals surface area contributed by atoms with Crippen molar-refractivity contribution in [3.05, 3.63) is 70.2 Å². The second-order valence-corrected chi connectivity index (χ2v) is 4.78. The van der Waals surface area contributed by atoms with Gasteiger partial charge in [0, 0.05) is 0 Å². The van der Waals surface area contributed by atoms with Crippen molar-refractivity contribution in [2.75, 3.05) is 0 Å². The second kappa shape index (κ2) is 6.01. The Morgan fingerprint density at radius 2 is 1.70 bits per heavy atom. The molecule has 1 atom stereocenters. The van der Waals surface area contributed by atoms with Gasteiger partial charge in [-0.25, -0.2) is 8.78 Å². The first-order valence-corrected chi connectivity index (χ1v) is 6.36. The van der Waals surface area contributed by atoms with E-state index >= 15 is 0 Å². The van der Waals surface area contributed by atoms with Crippen molar-refractivity contribution < 1.29 is 13.6 Å². The smallest absolute Gasteiger partial charge is 0.253 e. The lowest BCUT2D eigenvalue weighted by molar-refractivity contribution is 0.0940. The molecule has 1 N–H and O–H groups in total. The Kier molecular flexibility index (Phi) is 4.35. The highest BCUT2D eigenvalue weighted by Gasteiger charge is 2.14. The molecule has 0 bridgehead atoms. The molecule has 0 aliphatic heterocycles. The Morgan fingerprint density at radius 3 is 2.30 bits per heavy atom. The van der Waals surface area contributed by atoms with Gasteiger partial charge in [0.25, 0.3) is 5.91 Å². The lowest BCUT2D eigenvalue weighted by Gasteiger charge is -2.15. The molecule has 0 aliphatic rings. The predicted molar refractivity (Wildman–Crippen MR) is 73.7 cm³/mol. The quantitative estimate of drug-likeness (QED) is 0.907. The zero-order chi connectivity index (χ0) is 14.7. The number of rotatable bonds is 3. The molecule has 0 saturated heterocycles. The fourth-order valence-electron chi connectivity index (χ4n) is 1.78. The van der Waals surface area contributed by atoms with E-state index in [1.165, 1.54) is 24.3 Å². The van der Waals surface area contributed by atoms with Gasteiger partial charge in [-0.2, -0.15) is 0 Å². The minimum absolute atomic E-state index is 0.0498. The summed E-state index contributed by atoms with van der Waals surface area (Å²) in [5.41, 5.74) is 0.958. The van der Waals surface area contributed by atoms with Crippen LogP contribution in [0.1, 0.15) is 28.9 Å².